The first kappa shape index (κ1) is 17.8. The Kier molecular flexibility index (Phi) is 16.5. The third kappa shape index (κ3) is 15.8. The molecule has 0 aliphatic carbocycles. The fourth-order valence-corrected chi connectivity index (χ4v) is 1.13. The average molecular weight is 264 g/mol. The standard InChI is InChI=1S/C12H28N2O4/c13-3-1-5-15-7-9-17-11-12-18-10-8-16-6-2-4-14/h1-14H2. The van der Waals surface area contributed by atoms with Crippen molar-refractivity contribution in [3.05, 3.63) is 0 Å². The van der Waals surface area contributed by atoms with Gasteiger partial charge in [-0.3, -0.25) is 0 Å². The number of hydrogen-bond donors (Lipinski definition) is 2. The van der Waals surface area contributed by atoms with Crippen LogP contribution < -0.4 is 11.5 Å². The predicted octanol–water partition coefficient (Wildman–Crippen LogP) is -0.250. The van der Waals surface area contributed by atoms with Crippen molar-refractivity contribution in [2.24, 2.45) is 11.5 Å². The Hall–Kier alpha value is -0.240. The molecule has 0 rings (SSSR count). The first-order chi connectivity index (χ1) is 8.91. The van der Waals surface area contributed by atoms with Gasteiger partial charge in [-0.15, -0.1) is 0 Å². The van der Waals surface area contributed by atoms with E-state index in [2.05, 4.69) is 0 Å². The molecule has 18 heavy (non-hydrogen) atoms. The zero-order valence-electron chi connectivity index (χ0n) is 11.3. The Balaban J connectivity index is 2.86. The van der Waals surface area contributed by atoms with Crippen LogP contribution in [0.3, 0.4) is 0 Å². The number of hydrogen-bond acceptors (Lipinski definition) is 6. The molecule has 0 aliphatic rings. The van der Waals surface area contributed by atoms with Crippen LogP contribution in [0.4, 0.5) is 0 Å². The van der Waals surface area contributed by atoms with Crippen molar-refractivity contribution in [1.82, 2.24) is 0 Å². The van der Waals surface area contributed by atoms with Gasteiger partial charge in [0.1, 0.15) is 0 Å². The summed E-state index contributed by atoms with van der Waals surface area (Å²) in [6.07, 6.45) is 1.79. The second-order valence-electron chi connectivity index (χ2n) is 3.73. The first-order valence-corrected chi connectivity index (χ1v) is 6.63. The molecule has 0 saturated heterocycles. The van der Waals surface area contributed by atoms with Crippen LogP contribution in [0, 0.1) is 0 Å². The van der Waals surface area contributed by atoms with E-state index in [9.17, 15) is 0 Å². The van der Waals surface area contributed by atoms with Crippen molar-refractivity contribution in [1.29, 1.82) is 0 Å². The van der Waals surface area contributed by atoms with E-state index in [4.69, 9.17) is 30.4 Å². The van der Waals surface area contributed by atoms with E-state index in [1.54, 1.807) is 0 Å². The topological polar surface area (TPSA) is 89.0 Å². The highest BCUT2D eigenvalue weighted by Gasteiger charge is 1.92. The molecule has 0 spiro atoms. The molecular weight excluding hydrogens is 236 g/mol. The van der Waals surface area contributed by atoms with Crippen molar-refractivity contribution in [3.8, 4) is 0 Å². The molecule has 6 nitrogen and oxygen atoms in total. The molecular formula is C12H28N2O4. The maximum absolute atomic E-state index is 5.33. The van der Waals surface area contributed by atoms with Crippen LogP contribution in [-0.2, 0) is 18.9 Å². The molecule has 0 unspecified atom stereocenters. The second kappa shape index (κ2) is 16.8. The molecule has 0 aliphatic heterocycles. The zero-order valence-corrected chi connectivity index (χ0v) is 11.3. The van der Waals surface area contributed by atoms with E-state index in [-0.39, 0.29) is 0 Å². The van der Waals surface area contributed by atoms with Crippen molar-refractivity contribution in [2.45, 2.75) is 12.8 Å². The lowest BCUT2D eigenvalue weighted by atomic mass is 10.5. The minimum absolute atomic E-state index is 0.586. The van der Waals surface area contributed by atoms with Crippen molar-refractivity contribution < 1.29 is 18.9 Å². The molecule has 0 radical (unpaired) electrons. The van der Waals surface area contributed by atoms with E-state index in [1.165, 1.54) is 0 Å². The second-order valence-corrected chi connectivity index (χ2v) is 3.73. The highest BCUT2D eigenvalue weighted by Crippen LogP contribution is 1.84. The normalized spacial score (nSPS) is 11.0. The van der Waals surface area contributed by atoms with Crippen LogP contribution in [0.25, 0.3) is 0 Å². The smallest absolute Gasteiger partial charge is 0.0701 e. The molecule has 0 heterocycles. The van der Waals surface area contributed by atoms with Crippen LogP contribution in [0.5, 0.6) is 0 Å². The van der Waals surface area contributed by atoms with E-state index in [0.29, 0.717) is 65.9 Å². The maximum atomic E-state index is 5.33. The van der Waals surface area contributed by atoms with Gasteiger partial charge in [0.25, 0.3) is 0 Å². The fourth-order valence-electron chi connectivity index (χ4n) is 1.13. The molecule has 6 heteroatoms. The van der Waals surface area contributed by atoms with Gasteiger partial charge in [0.05, 0.1) is 39.6 Å². The molecule has 0 aromatic heterocycles. The summed E-state index contributed by atoms with van der Waals surface area (Å²) in [5, 5.41) is 0. The molecule has 0 fully saturated rings. The Morgan fingerprint density at radius 2 is 0.722 bits per heavy atom. The summed E-state index contributed by atoms with van der Waals surface area (Å²) in [7, 11) is 0. The van der Waals surface area contributed by atoms with Gasteiger partial charge in [-0.2, -0.15) is 0 Å². The summed E-state index contributed by atoms with van der Waals surface area (Å²) in [6.45, 7) is 6.34. The number of rotatable bonds is 15. The monoisotopic (exact) mass is 264 g/mol. The average Bonchev–Trinajstić information content (AvgIpc) is 2.39. The fraction of sp³-hybridized carbons (Fsp3) is 1.00. The molecule has 0 aromatic rings. The van der Waals surface area contributed by atoms with Crippen molar-refractivity contribution in [3.63, 3.8) is 0 Å². The van der Waals surface area contributed by atoms with Crippen LogP contribution in [0.15, 0.2) is 0 Å². The molecule has 110 valence electrons. The number of ether oxygens (including phenoxy) is 4. The molecule has 0 bridgehead atoms. The van der Waals surface area contributed by atoms with Gasteiger partial charge in [-0.05, 0) is 25.9 Å². The van der Waals surface area contributed by atoms with E-state index >= 15 is 0 Å². The van der Waals surface area contributed by atoms with Gasteiger partial charge >= 0.3 is 0 Å². The zero-order chi connectivity index (χ0) is 13.3. The summed E-state index contributed by atoms with van der Waals surface area (Å²) in [4.78, 5) is 0. The third-order valence-corrected chi connectivity index (χ3v) is 2.10. The van der Waals surface area contributed by atoms with Gasteiger partial charge in [-0.1, -0.05) is 0 Å². The lowest BCUT2D eigenvalue weighted by molar-refractivity contribution is -0.00190. The highest BCUT2D eigenvalue weighted by atomic mass is 16.6. The van der Waals surface area contributed by atoms with Crippen molar-refractivity contribution in [2.75, 3.05) is 65.9 Å². The van der Waals surface area contributed by atoms with Gasteiger partial charge in [-0.25, -0.2) is 0 Å². The predicted molar refractivity (Wildman–Crippen MR) is 70.6 cm³/mol. The Labute approximate surface area is 110 Å². The van der Waals surface area contributed by atoms with Crippen molar-refractivity contribution >= 4 is 0 Å². The van der Waals surface area contributed by atoms with Gasteiger partial charge in [0, 0.05) is 13.2 Å². The maximum Gasteiger partial charge on any atom is 0.0701 e. The van der Waals surface area contributed by atoms with Gasteiger partial charge in [0.15, 0.2) is 0 Å². The summed E-state index contributed by atoms with van der Waals surface area (Å²) in [5.41, 5.74) is 10.7. The summed E-state index contributed by atoms with van der Waals surface area (Å²) >= 11 is 0. The van der Waals surface area contributed by atoms with Crippen LogP contribution in [0.2, 0.25) is 0 Å². The Morgan fingerprint density at radius 1 is 0.444 bits per heavy atom. The molecule has 0 amide bonds. The number of nitrogens with two attached hydrogens (primary N) is 2. The van der Waals surface area contributed by atoms with Crippen LogP contribution in [-0.4, -0.2) is 65.9 Å². The molecule has 4 N–H and O–H groups in total. The van der Waals surface area contributed by atoms with E-state index < -0.39 is 0 Å². The van der Waals surface area contributed by atoms with Gasteiger partial charge < -0.3 is 30.4 Å². The van der Waals surface area contributed by atoms with E-state index in [0.717, 1.165) is 12.8 Å². The minimum atomic E-state index is 0.586. The SMILES string of the molecule is NCCCOCCOCCOCCOCCCN. The molecule has 0 atom stereocenters. The largest absolute Gasteiger partial charge is 0.379 e. The lowest BCUT2D eigenvalue weighted by Crippen LogP contribution is -2.13. The minimum Gasteiger partial charge on any atom is -0.379 e. The summed E-state index contributed by atoms with van der Waals surface area (Å²) in [6, 6.07) is 0. The lowest BCUT2D eigenvalue weighted by Gasteiger charge is -2.07. The Morgan fingerprint density at radius 3 is 1.00 bits per heavy atom. The summed E-state index contributed by atoms with van der Waals surface area (Å²) < 4.78 is 21.2. The molecule has 0 aromatic carbocycles. The quantitative estimate of drug-likeness (QED) is 0.397. The first-order valence-electron chi connectivity index (χ1n) is 6.63. The van der Waals surface area contributed by atoms with Gasteiger partial charge in [0.2, 0.25) is 0 Å². The molecule has 0 saturated carbocycles. The highest BCUT2D eigenvalue weighted by molar-refractivity contribution is 4.38. The van der Waals surface area contributed by atoms with Crippen LogP contribution in [0.1, 0.15) is 12.8 Å². The van der Waals surface area contributed by atoms with E-state index in [1.807, 2.05) is 0 Å². The van der Waals surface area contributed by atoms with Crippen LogP contribution >= 0.6 is 0 Å². The Bertz CT molecular complexity index is 134. The third-order valence-electron chi connectivity index (χ3n) is 2.10. The summed E-state index contributed by atoms with van der Waals surface area (Å²) in [5.74, 6) is 0.